The summed E-state index contributed by atoms with van der Waals surface area (Å²) in [5, 5.41) is 28.9. The van der Waals surface area contributed by atoms with Gasteiger partial charge in [0.2, 0.25) is 0 Å². The summed E-state index contributed by atoms with van der Waals surface area (Å²) >= 11 is 0. The monoisotopic (exact) mass is 604 g/mol. The van der Waals surface area contributed by atoms with E-state index in [1.54, 1.807) is 0 Å². The number of hydrazine groups is 2. The average molecular weight is 605 g/mol. The summed E-state index contributed by atoms with van der Waals surface area (Å²) in [6.07, 6.45) is 0. The standard InChI is InChI=1S/C20H16N6O11S2.Na.H/c1-37-18-10-14(26(29)30)6-9-17(18)24-22-20(21-23(24)12-2-4-13(5-3-12)25(27)28)16-8-7-15(38(31,32)33)11-19(16)39(34,35)36;;/h2-11H,1H3,(H,21,22)(H,31,32,33)(H,34,35,36);;/q;+1;-1. The summed E-state index contributed by atoms with van der Waals surface area (Å²) in [6.45, 7) is 0. The largest absolute Gasteiger partial charge is 1.00 e. The van der Waals surface area contributed by atoms with Crippen LogP contribution in [0.1, 0.15) is 6.99 Å². The molecule has 3 aromatic rings. The molecule has 0 aromatic heterocycles. The first-order valence-corrected chi connectivity index (χ1v) is 13.2. The summed E-state index contributed by atoms with van der Waals surface area (Å²) in [6, 6.07) is 10.8. The van der Waals surface area contributed by atoms with E-state index in [4.69, 9.17) is 4.74 Å². The average Bonchev–Trinajstić information content (AvgIpc) is 3.32. The van der Waals surface area contributed by atoms with Crippen molar-refractivity contribution in [2.75, 3.05) is 17.3 Å². The number of nitro benzene ring substituents is 2. The minimum Gasteiger partial charge on any atom is -1.00 e. The minimum atomic E-state index is -5.07. The number of benzene rings is 3. The summed E-state index contributed by atoms with van der Waals surface area (Å²) < 4.78 is 71.7. The number of nitrogens with zero attached hydrogens (tertiary/aromatic N) is 5. The number of hydrazone groups is 1. The SMILES string of the molecule is COc1cc([N+](=O)[O-])ccc1N1NC(c2ccc(S(=O)(=O)O)cc2S(=O)(=O)O)=NN1c1ccc([N+](=O)[O-])cc1.[H-].[Na+]. The fourth-order valence-electron chi connectivity index (χ4n) is 3.49. The molecular formula is C20H17N6NaO11S2. The number of anilines is 2. The Morgan fingerprint density at radius 1 is 0.900 bits per heavy atom. The molecular weight excluding hydrogens is 587 g/mol. The molecule has 0 saturated heterocycles. The Bertz CT molecular complexity index is 1760. The van der Waals surface area contributed by atoms with Crippen LogP contribution in [0.25, 0.3) is 0 Å². The molecule has 0 fully saturated rings. The second-order valence-corrected chi connectivity index (χ2v) is 10.5. The molecule has 1 heterocycles. The van der Waals surface area contributed by atoms with Crippen LogP contribution in [0.5, 0.6) is 5.75 Å². The van der Waals surface area contributed by atoms with Crippen LogP contribution in [0.3, 0.4) is 0 Å². The van der Waals surface area contributed by atoms with Crippen molar-refractivity contribution in [3.05, 3.63) is 86.5 Å². The third-order valence-electron chi connectivity index (χ3n) is 5.27. The maximum atomic E-state index is 12.1. The number of hydrogen-bond acceptors (Lipinski definition) is 13. The topological polar surface area (TPSA) is 235 Å². The molecule has 1 aliphatic rings. The van der Waals surface area contributed by atoms with E-state index in [0.717, 1.165) is 34.5 Å². The Balaban J connectivity index is 0.00000294. The van der Waals surface area contributed by atoms with Crippen molar-refractivity contribution in [3.8, 4) is 5.75 Å². The Kier molecular flexibility index (Phi) is 8.69. The van der Waals surface area contributed by atoms with E-state index >= 15 is 0 Å². The number of non-ortho nitro benzene ring substituents is 2. The third-order valence-corrected chi connectivity index (χ3v) is 7.02. The van der Waals surface area contributed by atoms with Gasteiger partial charge in [-0.25, -0.2) is 0 Å². The Morgan fingerprint density at radius 2 is 1.50 bits per heavy atom. The number of hydrogen-bond donors (Lipinski definition) is 3. The number of nitrogens with one attached hydrogen (secondary N) is 1. The van der Waals surface area contributed by atoms with E-state index < -0.39 is 39.9 Å². The van der Waals surface area contributed by atoms with Crippen molar-refractivity contribution in [3.63, 3.8) is 0 Å². The number of rotatable bonds is 8. The Hall–Kier alpha value is -3.85. The molecule has 3 aromatic carbocycles. The van der Waals surface area contributed by atoms with Crippen LogP contribution in [-0.4, -0.2) is 48.7 Å². The van der Waals surface area contributed by atoms with E-state index in [1.807, 2.05) is 0 Å². The number of methoxy groups -OCH3 is 1. The Morgan fingerprint density at radius 3 is 2.02 bits per heavy atom. The zero-order valence-electron chi connectivity index (χ0n) is 21.4. The molecule has 0 radical (unpaired) electrons. The summed E-state index contributed by atoms with van der Waals surface area (Å²) in [5.41, 5.74) is 2.15. The van der Waals surface area contributed by atoms with Crippen LogP contribution in [-0.2, 0) is 20.2 Å². The molecule has 4 rings (SSSR count). The third kappa shape index (κ3) is 6.14. The Labute approximate surface area is 249 Å². The molecule has 0 amide bonds. The molecule has 0 bridgehead atoms. The first-order chi connectivity index (χ1) is 18.2. The van der Waals surface area contributed by atoms with Gasteiger partial charge in [0, 0.05) is 23.8 Å². The van der Waals surface area contributed by atoms with Gasteiger partial charge in [-0.15, -0.1) is 5.10 Å². The molecule has 0 spiro atoms. The van der Waals surface area contributed by atoms with Gasteiger partial charge < -0.3 is 6.16 Å². The van der Waals surface area contributed by atoms with Crippen LogP contribution in [0, 0.1) is 20.2 Å². The number of ether oxygens (including phenoxy) is 1. The van der Waals surface area contributed by atoms with Crippen molar-refractivity contribution >= 4 is 48.8 Å². The summed E-state index contributed by atoms with van der Waals surface area (Å²) in [5.74, 6) is -0.306. The van der Waals surface area contributed by atoms with E-state index in [2.05, 4.69) is 10.5 Å². The van der Waals surface area contributed by atoms with Gasteiger partial charge in [-0.05, 0) is 36.4 Å². The predicted molar refractivity (Wildman–Crippen MR) is 135 cm³/mol. The number of nitro groups is 2. The number of amidine groups is 1. The molecule has 1 aliphatic heterocycles. The van der Waals surface area contributed by atoms with Gasteiger partial charge in [-0.3, -0.25) is 34.8 Å². The summed E-state index contributed by atoms with van der Waals surface area (Å²) in [4.78, 5) is 19.3. The molecule has 206 valence electrons. The smallest absolute Gasteiger partial charge is 1.00 e. The van der Waals surface area contributed by atoms with E-state index in [1.165, 1.54) is 37.4 Å². The van der Waals surface area contributed by atoms with Gasteiger partial charge in [0.05, 0.1) is 33.6 Å². The molecule has 0 atom stereocenters. The zero-order chi connectivity index (χ0) is 28.7. The van der Waals surface area contributed by atoms with Crippen molar-refractivity contribution in [2.45, 2.75) is 9.79 Å². The molecule has 20 heteroatoms. The van der Waals surface area contributed by atoms with Crippen LogP contribution in [0.15, 0.2) is 75.6 Å². The quantitative estimate of drug-likeness (QED) is 0.124. The molecule has 0 saturated carbocycles. The van der Waals surface area contributed by atoms with E-state index in [9.17, 15) is 46.2 Å². The predicted octanol–water partition coefficient (Wildman–Crippen LogP) is -0.770. The molecule has 40 heavy (non-hydrogen) atoms. The van der Waals surface area contributed by atoms with Crippen LogP contribution in [0.2, 0.25) is 0 Å². The van der Waals surface area contributed by atoms with Gasteiger partial charge in [0.15, 0.2) is 11.6 Å². The van der Waals surface area contributed by atoms with Crippen LogP contribution in [0.4, 0.5) is 22.7 Å². The molecule has 3 N–H and O–H groups in total. The normalized spacial score (nSPS) is 13.2. The van der Waals surface area contributed by atoms with E-state index in [0.29, 0.717) is 6.07 Å². The van der Waals surface area contributed by atoms with Gasteiger partial charge in [0.25, 0.3) is 31.6 Å². The zero-order valence-corrected chi connectivity index (χ0v) is 24.0. The van der Waals surface area contributed by atoms with Crippen molar-refractivity contribution in [1.82, 2.24) is 5.43 Å². The fraction of sp³-hybridized carbons (Fsp3) is 0.0500. The maximum Gasteiger partial charge on any atom is 1.00 e. The van der Waals surface area contributed by atoms with Crippen molar-refractivity contribution in [1.29, 1.82) is 0 Å². The van der Waals surface area contributed by atoms with Gasteiger partial charge in [0.1, 0.15) is 10.6 Å². The summed E-state index contributed by atoms with van der Waals surface area (Å²) in [7, 11) is -8.68. The molecule has 0 aliphatic carbocycles. The molecule has 0 unspecified atom stereocenters. The van der Waals surface area contributed by atoms with Gasteiger partial charge >= 0.3 is 29.6 Å². The first kappa shape index (κ1) is 30.7. The van der Waals surface area contributed by atoms with Crippen LogP contribution >= 0.6 is 0 Å². The van der Waals surface area contributed by atoms with E-state index in [-0.39, 0.29) is 70.9 Å². The van der Waals surface area contributed by atoms with Crippen LogP contribution < -0.4 is 50.0 Å². The van der Waals surface area contributed by atoms with Gasteiger partial charge in [-0.1, -0.05) is 0 Å². The first-order valence-electron chi connectivity index (χ1n) is 10.3. The van der Waals surface area contributed by atoms with Crippen molar-refractivity contribution in [2.24, 2.45) is 5.10 Å². The molecule has 17 nitrogen and oxygen atoms in total. The van der Waals surface area contributed by atoms with Gasteiger partial charge in [-0.2, -0.15) is 27.1 Å². The minimum absolute atomic E-state index is 0. The second-order valence-electron chi connectivity index (χ2n) is 7.66. The van der Waals surface area contributed by atoms with Crippen molar-refractivity contribution < 1.29 is 71.5 Å². The second kappa shape index (κ2) is 11.3. The fourth-order valence-corrected chi connectivity index (χ4v) is 4.79. The maximum absolute atomic E-state index is 12.1.